The van der Waals surface area contributed by atoms with Crippen LogP contribution in [0.3, 0.4) is 0 Å². The van der Waals surface area contributed by atoms with Crippen LogP contribution in [0.4, 0.5) is 0 Å². The monoisotopic (exact) mass is 283 g/mol. The Balaban J connectivity index is 2.28. The van der Waals surface area contributed by atoms with Crippen LogP contribution in [0, 0.1) is 0 Å². The third-order valence-electron chi connectivity index (χ3n) is 3.09. The normalized spacial score (nSPS) is 10.9. The summed E-state index contributed by atoms with van der Waals surface area (Å²) in [6.07, 6.45) is 3.42. The first-order valence-corrected chi connectivity index (χ1v) is 7.10. The number of benzene rings is 1. The van der Waals surface area contributed by atoms with Crippen LogP contribution in [-0.2, 0) is 0 Å². The number of carbonyl (C=O) groups is 1. The topological polar surface area (TPSA) is 40.5 Å². The Morgan fingerprint density at radius 3 is 2.63 bits per heavy atom. The van der Waals surface area contributed by atoms with Crippen molar-refractivity contribution in [2.45, 2.75) is 25.7 Å². The van der Waals surface area contributed by atoms with Crippen molar-refractivity contribution in [3.63, 3.8) is 0 Å². The fraction of sp³-hybridized carbons (Fsp3) is 0.533. The highest BCUT2D eigenvalue weighted by Gasteiger charge is 2.10. The molecule has 1 aromatic rings. The number of carbonyl (C=O) groups excluding carboxylic acids is 1. The number of unbranched alkanes of at least 4 members (excludes halogenated alkanes) is 2. The van der Waals surface area contributed by atoms with Crippen LogP contribution in [0.15, 0.2) is 24.3 Å². The fourth-order valence-corrected chi connectivity index (χ4v) is 2.14. The molecular formula is C15H22ClNO2. The van der Waals surface area contributed by atoms with Crippen molar-refractivity contribution in [3.05, 3.63) is 34.9 Å². The van der Waals surface area contributed by atoms with Crippen LogP contribution in [0.5, 0.6) is 0 Å². The Morgan fingerprint density at radius 2 is 1.95 bits per heavy atom. The van der Waals surface area contributed by atoms with Crippen LogP contribution in [0.2, 0.25) is 5.02 Å². The summed E-state index contributed by atoms with van der Waals surface area (Å²) in [6.45, 7) is 1.95. The van der Waals surface area contributed by atoms with Gasteiger partial charge in [-0.15, -0.1) is 0 Å². The molecule has 3 nitrogen and oxygen atoms in total. The van der Waals surface area contributed by atoms with E-state index in [4.69, 9.17) is 16.7 Å². The second kappa shape index (κ2) is 9.08. The van der Waals surface area contributed by atoms with Crippen LogP contribution in [-0.4, -0.2) is 42.5 Å². The highest BCUT2D eigenvalue weighted by molar-refractivity contribution is 6.33. The summed E-state index contributed by atoms with van der Waals surface area (Å²) in [5, 5.41) is 9.21. The molecule has 1 N–H and O–H groups in total. The molecule has 0 aromatic heterocycles. The maximum atomic E-state index is 12.0. The minimum atomic E-state index is 0.0906. The minimum absolute atomic E-state index is 0.0906. The number of aliphatic hydroxyl groups is 1. The van der Waals surface area contributed by atoms with Gasteiger partial charge in [0.15, 0.2) is 5.78 Å². The number of aliphatic hydroxyl groups excluding tert-OH is 1. The van der Waals surface area contributed by atoms with E-state index in [1.165, 1.54) is 0 Å². The summed E-state index contributed by atoms with van der Waals surface area (Å²) >= 11 is 5.99. The standard InChI is InChI=1S/C15H22ClNO2/c1-17(10-5-2-6-12-18)11-9-15(19)13-7-3-4-8-14(13)16/h3-4,7-8,18H,2,5-6,9-12H2,1H3. The molecular weight excluding hydrogens is 262 g/mol. The molecule has 4 heteroatoms. The Kier molecular flexibility index (Phi) is 7.72. The van der Waals surface area contributed by atoms with Crippen LogP contribution in [0.1, 0.15) is 36.0 Å². The summed E-state index contributed by atoms with van der Waals surface area (Å²) in [5.74, 6) is 0.0906. The second-order valence-corrected chi connectivity index (χ2v) is 5.15. The molecule has 0 aliphatic heterocycles. The van der Waals surface area contributed by atoms with Gasteiger partial charge in [0.2, 0.25) is 0 Å². The lowest BCUT2D eigenvalue weighted by Gasteiger charge is -2.15. The average Bonchev–Trinajstić information content (AvgIpc) is 2.41. The molecule has 0 radical (unpaired) electrons. The van der Waals surface area contributed by atoms with Gasteiger partial charge in [-0.05, 0) is 45.0 Å². The highest BCUT2D eigenvalue weighted by Crippen LogP contribution is 2.16. The van der Waals surface area contributed by atoms with E-state index in [2.05, 4.69) is 4.90 Å². The van der Waals surface area contributed by atoms with E-state index >= 15 is 0 Å². The molecule has 0 saturated carbocycles. The number of Topliss-reactive ketones (excluding diaryl/α,β-unsaturated/α-hetero) is 1. The zero-order valence-electron chi connectivity index (χ0n) is 11.4. The number of hydrogen-bond acceptors (Lipinski definition) is 3. The Labute approximate surface area is 120 Å². The number of rotatable bonds is 9. The SMILES string of the molecule is CN(CCCCCO)CCC(=O)c1ccccc1Cl. The Hall–Kier alpha value is -0.900. The molecule has 0 aliphatic rings. The van der Waals surface area contributed by atoms with E-state index < -0.39 is 0 Å². The van der Waals surface area contributed by atoms with Crippen molar-refractivity contribution in [1.82, 2.24) is 4.90 Å². The third kappa shape index (κ3) is 6.19. The van der Waals surface area contributed by atoms with Gasteiger partial charge in [0.05, 0.1) is 5.02 Å². The number of ketones is 1. The number of hydrogen-bond donors (Lipinski definition) is 1. The van der Waals surface area contributed by atoms with E-state index in [9.17, 15) is 4.79 Å². The van der Waals surface area contributed by atoms with Gasteiger partial charge in [-0.3, -0.25) is 4.79 Å². The average molecular weight is 284 g/mol. The Bertz CT molecular complexity index is 395. The van der Waals surface area contributed by atoms with Crippen molar-refractivity contribution in [2.24, 2.45) is 0 Å². The molecule has 1 aromatic carbocycles. The zero-order valence-corrected chi connectivity index (χ0v) is 12.2. The van der Waals surface area contributed by atoms with Crippen LogP contribution in [0.25, 0.3) is 0 Å². The van der Waals surface area contributed by atoms with Gasteiger partial charge < -0.3 is 10.0 Å². The highest BCUT2D eigenvalue weighted by atomic mass is 35.5. The second-order valence-electron chi connectivity index (χ2n) is 4.74. The first-order chi connectivity index (χ1) is 9.15. The molecule has 0 atom stereocenters. The van der Waals surface area contributed by atoms with Crippen LogP contribution >= 0.6 is 11.6 Å². The minimum Gasteiger partial charge on any atom is -0.396 e. The maximum Gasteiger partial charge on any atom is 0.165 e. The Morgan fingerprint density at radius 1 is 1.21 bits per heavy atom. The van der Waals surface area contributed by atoms with Crippen molar-refractivity contribution in [2.75, 3.05) is 26.7 Å². The van der Waals surface area contributed by atoms with Crippen molar-refractivity contribution >= 4 is 17.4 Å². The molecule has 0 bridgehead atoms. The van der Waals surface area contributed by atoms with Crippen molar-refractivity contribution < 1.29 is 9.90 Å². The van der Waals surface area contributed by atoms with Gasteiger partial charge >= 0.3 is 0 Å². The van der Waals surface area contributed by atoms with Gasteiger partial charge in [-0.2, -0.15) is 0 Å². The smallest absolute Gasteiger partial charge is 0.165 e. The van der Waals surface area contributed by atoms with Crippen molar-refractivity contribution in [1.29, 1.82) is 0 Å². The summed E-state index contributed by atoms with van der Waals surface area (Å²) < 4.78 is 0. The lowest BCUT2D eigenvalue weighted by Crippen LogP contribution is -2.23. The van der Waals surface area contributed by atoms with Gasteiger partial charge in [0.25, 0.3) is 0 Å². The summed E-state index contributed by atoms with van der Waals surface area (Å²) in [7, 11) is 2.01. The third-order valence-corrected chi connectivity index (χ3v) is 3.42. The molecule has 0 saturated heterocycles. The van der Waals surface area contributed by atoms with E-state index in [0.29, 0.717) is 17.0 Å². The predicted molar refractivity (Wildman–Crippen MR) is 78.8 cm³/mol. The largest absolute Gasteiger partial charge is 0.396 e. The van der Waals surface area contributed by atoms with E-state index in [1.54, 1.807) is 12.1 Å². The maximum absolute atomic E-state index is 12.0. The van der Waals surface area contributed by atoms with Crippen molar-refractivity contribution in [3.8, 4) is 0 Å². The quantitative estimate of drug-likeness (QED) is 0.559. The van der Waals surface area contributed by atoms with Gasteiger partial charge in [0.1, 0.15) is 0 Å². The molecule has 0 aliphatic carbocycles. The van der Waals surface area contributed by atoms with E-state index in [1.807, 2.05) is 19.2 Å². The van der Waals surface area contributed by atoms with Gasteiger partial charge in [0, 0.05) is 25.1 Å². The first-order valence-electron chi connectivity index (χ1n) is 6.72. The lowest BCUT2D eigenvalue weighted by atomic mass is 10.1. The molecule has 0 fully saturated rings. The molecule has 106 valence electrons. The lowest BCUT2D eigenvalue weighted by molar-refractivity contribution is 0.0969. The molecule has 0 amide bonds. The fourth-order valence-electron chi connectivity index (χ4n) is 1.90. The van der Waals surface area contributed by atoms with Gasteiger partial charge in [-0.1, -0.05) is 23.7 Å². The predicted octanol–water partition coefficient (Wildman–Crippen LogP) is 3.01. The molecule has 0 heterocycles. The first kappa shape index (κ1) is 16.2. The molecule has 1 rings (SSSR count). The molecule has 0 spiro atoms. The van der Waals surface area contributed by atoms with Gasteiger partial charge in [-0.25, -0.2) is 0 Å². The zero-order chi connectivity index (χ0) is 14.1. The number of halogens is 1. The van der Waals surface area contributed by atoms with E-state index in [0.717, 1.165) is 32.4 Å². The van der Waals surface area contributed by atoms with Crippen LogP contribution < -0.4 is 0 Å². The number of nitrogens with zero attached hydrogens (tertiary/aromatic N) is 1. The summed E-state index contributed by atoms with van der Waals surface area (Å²) in [5.41, 5.74) is 0.609. The molecule has 0 unspecified atom stereocenters. The van der Waals surface area contributed by atoms with E-state index in [-0.39, 0.29) is 12.4 Å². The molecule has 19 heavy (non-hydrogen) atoms. The summed E-state index contributed by atoms with van der Waals surface area (Å²) in [6, 6.07) is 7.17. The summed E-state index contributed by atoms with van der Waals surface area (Å²) in [4.78, 5) is 14.1.